The molecule has 0 fully saturated rings. The summed E-state index contributed by atoms with van der Waals surface area (Å²) in [5.41, 5.74) is 0. The number of halogens is 1. The second-order valence-corrected chi connectivity index (χ2v) is 2.41. The first-order valence-corrected chi connectivity index (χ1v) is 4.05. The average Bonchev–Trinajstić information content (AvgIpc) is 1.50. The summed E-state index contributed by atoms with van der Waals surface area (Å²) in [5.74, 6) is -0.833. The van der Waals surface area contributed by atoms with Gasteiger partial charge in [0, 0.05) is 6.92 Å². The van der Waals surface area contributed by atoms with Crippen molar-refractivity contribution in [1.82, 2.24) is 0 Å². The first kappa shape index (κ1) is 30.0. The number of carboxylic acid groups (broad SMARTS) is 1. The molecule has 9 nitrogen and oxygen atoms in total. The zero-order valence-corrected chi connectivity index (χ0v) is 12.6. The van der Waals surface area contributed by atoms with Crippen molar-refractivity contribution in [3.63, 3.8) is 0 Å². The van der Waals surface area contributed by atoms with E-state index in [9.17, 15) is 0 Å². The maximum absolute atomic E-state index is 9.00. The van der Waals surface area contributed by atoms with E-state index in [1.54, 1.807) is 0 Å². The van der Waals surface area contributed by atoms with Gasteiger partial charge in [0.2, 0.25) is 0 Å². The van der Waals surface area contributed by atoms with Gasteiger partial charge < -0.3 is 47.3 Å². The van der Waals surface area contributed by atoms with Crippen LogP contribution in [0.2, 0.25) is 0 Å². The van der Waals surface area contributed by atoms with Crippen LogP contribution in [0.15, 0.2) is 0 Å². The van der Waals surface area contributed by atoms with Crippen molar-refractivity contribution in [2.75, 3.05) is 0 Å². The molecule has 0 amide bonds. The predicted molar refractivity (Wildman–Crippen MR) is 40.0 cm³/mol. The van der Waals surface area contributed by atoms with Gasteiger partial charge in [-0.1, -0.05) is 0 Å². The van der Waals surface area contributed by atoms with Crippen LogP contribution < -0.4 is 63.8 Å². The molecule has 15 heavy (non-hydrogen) atoms. The molecule has 0 aliphatic rings. The summed E-state index contributed by atoms with van der Waals surface area (Å²) in [7, 11) is -6.81. The number of hydrogen-bond acceptors (Lipinski definition) is 5. The molecule has 0 unspecified atom stereocenters. The van der Waals surface area contributed by atoms with Crippen LogP contribution in [0.5, 0.6) is 0 Å². The van der Waals surface area contributed by atoms with E-state index in [0.717, 1.165) is 6.92 Å². The van der Waals surface area contributed by atoms with Gasteiger partial charge in [0.05, 0.1) is 0 Å². The standard InChI is InChI=1S/C2H4O2.BH3O3.ClH.K.H3O4P/c1-2(3)4;2-1(3)4;;;1-5(2,3)4/h1H3,(H,3,4);2-4H;1H;;(H3,1,2,3,4)/q;;;+1;/p-1. The first-order chi connectivity index (χ1) is 5.46. The predicted octanol–water partition coefficient (Wildman–Crippen LogP) is -8.88. The van der Waals surface area contributed by atoms with Crippen molar-refractivity contribution >= 4 is 21.1 Å². The third kappa shape index (κ3) is 1330. The summed E-state index contributed by atoms with van der Waals surface area (Å²) >= 11 is 0. The fraction of sp³-hybridized carbons (Fsp3) is 0.500. The average molecular weight is 294 g/mol. The van der Waals surface area contributed by atoms with Crippen LogP contribution in [0.4, 0.5) is 0 Å². The number of rotatable bonds is 0. The van der Waals surface area contributed by atoms with E-state index in [-0.39, 0.29) is 63.8 Å². The van der Waals surface area contributed by atoms with Gasteiger partial charge in [0.15, 0.2) is 0 Å². The third-order valence-electron chi connectivity index (χ3n) is 0. The van der Waals surface area contributed by atoms with Gasteiger partial charge in [-0.15, -0.1) is 0 Å². The Labute approximate surface area is 134 Å². The Bertz CT molecular complexity index is 156. The molecule has 0 heterocycles. The van der Waals surface area contributed by atoms with Gasteiger partial charge in [0.1, 0.15) is 0 Å². The molecule has 7 N–H and O–H groups in total. The van der Waals surface area contributed by atoms with E-state index >= 15 is 0 Å². The maximum Gasteiger partial charge on any atom is 1.00 e. The van der Waals surface area contributed by atoms with Crippen molar-refractivity contribution in [2.24, 2.45) is 0 Å². The largest absolute Gasteiger partial charge is 1.00 e. The fourth-order valence-electron chi connectivity index (χ4n) is 0. The van der Waals surface area contributed by atoms with Crippen molar-refractivity contribution < 1.29 is 108 Å². The van der Waals surface area contributed by atoms with Gasteiger partial charge in [-0.25, -0.2) is 4.57 Å². The Morgan fingerprint density at radius 2 is 1.13 bits per heavy atom. The molecule has 88 valence electrons. The topological polar surface area (TPSA) is 176 Å². The Kier molecular flexibility index (Phi) is 35.6. The zero-order valence-electron chi connectivity index (χ0n) is 7.85. The number of phosphoric acid groups is 1. The number of carbonyl (C=O) groups is 1. The van der Waals surface area contributed by atoms with E-state index in [2.05, 4.69) is 0 Å². The Balaban J connectivity index is -0.0000000315. The minimum Gasteiger partial charge on any atom is -1.00 e. The molecule has 0 saturated heterocycles. The molecule has 0 aliphatic carbocycles. The zero-order chi connectivity index (χ0) is 11.7. The second kappa shape index (κ2) is 17.8. The van der Waals surface area contributed by atoms with Gasteiger partial charge >= 0.3 is 66.5 Å². The van der Waals surface area contributed by atoms with Crippen LogP contribution in [-0.2, 0) is 9.36 Å². The summed E-state index contributed by atoms with van der Waals surface area (Å²) in [6, 6.07) is 0. The van der Waals surface area contributed by atoms with Crippen LogP contribution in [0.3, 0.4) is 0 Å². The SMILES string of the molecule is CC(=O)O.O=P(O)(O)O.OB(O)O.[Cl-].[K+]. The second-order valence-electron chi connectivity index (χ2n) is 1.38. The van der Waals surface area contributed by atoms with Crippen LogP contribution >= 0.6 is 7.82 Å². The van der Waals surface area contributed by atoms with Gasteiger partial charge in [-0.2, -0.15) is 0 Å². The molecule has 0 spiro atoms. The van der Waals surface area contributed by atoms with E-state index in [4.69, 9.17) is 44.2 Å². The minimum absolute atomic E-state index is 0. The molecule has 0 radical (unpaired) electrons. The quantitative estimate of drug-likeness (QED) is 0.169. The summed E-state index contributed by atoms with van der Waals surface area (Å²) in [5, 5.41) is 28.9. The molecule has 0 bridgehead atoms. The normalized spacial score (nSPS) is 7.40. The molecule has 13 heteroatoms. The molecular formula is C2H10BClKO9P. The van der Waals surface area contributed by atoms with Gasteiger partial charge in [-0.3, -0.25) is 4.79 Å². The molecule has 0 aromatic carbocycles. The molecular weight excluding hydrogens is 284 g/mol. The molecule has 0 aromatic rings. The smallest absolute Gasteiger partial charge is 1.00 e. The molecule has 0 atom stereocenters. The van der Waals surface area contributed by atoms with Crippen molar-refractivity contribution in [1.29, 1.82) is 0 Å². The Morgan fingerprint density at radius 3 is 1.13 bits per heavy atom. The fourth-order valence-corrected chi connectivity index (χ4v) is 0. The molecule has 0 saturated carbocycles. The summed E-state index contributed by atoms with van der Waals surface area (Å²) in [6.07, 6.45) is 0. The summed E-state index contributed by atoms with van der Waals surface area (Å²) < 4.78 is 8.88. The van der Waals surface area contributed by atoms with E-state index in [0.29, 0.717) is 0 Å². The van der Waals surface area contributed by atoms with E-state index in [1.807, 2.05) is 0 Å². The number of hydrogen-bond donors (Lipinski definition) is 7. The van der Waals surface area contributed by atoms with Crippen LogP contribution in [0.1, 0.15) is 6.92 Å². The molecule has 0 rings (SSSR count). The summed E-state index contributed by atoms with van der Waals surface area (Å²) in [6.45, 7) is 1.08. The van der Waals surface area contributed by atoms with Gasteiger partial charge in [0.25, 0.3) is 5.97 Å². The number of aliphatic carboxylic acids is 1. The van der Waals surface area contributed by atoms with E-state index < -0.39 is 21.1 Å². The first-order valence-electron chi connectivity index (χ1n) is 2.48. The van der Waals surface area contributed by atoms with Gasteiger partial charge in [-0.05, 0) is 0 Å². The molecule has 0 aliphatic heterocycles. The minimum atomic E-state index is -4.64. The van der Waals surface area contributed by atoms with Crippen LogP contribution in [0, 0.1) is 0 Å². The van der Waals surface area contributed by atoms with Crippen LogP contribution in [-0.4, -0.2) is 48.1 Å². The Morgan fingerprint density at radius 1 is 1.13 bits per heavy atom. The third-order valence-corrected chi connectivity index (χ3v) is 0. The number of carboxylic acids is 1. The molecule has 0 aromatic heterocycles. The van der Waals surface area contributed by atoms with Crippen molar-refractivity contribution in [2.45, 2.75) is 6.92 Å². The van der Waals surface area contributed by atoms with Crippen molar-refractivity contribution in [3.8, 4) is 0 Å². The van der Waals surface area contributed by atoms with Crippen molar-refractivity contribution in [3.05, 3.63) is 0 Å². The van der Waals surface area contributed by atoms with E-state index in [1.165, 1.54) is 0 Å². The maximum atomic E-state index is 9.00. The summed E-state index contributed by atoms with van der Waals surface area (Å²) in [4.78, 5) is 30.6. The monoisotopic (exact) mass is 294 g/mol. The van der Waals surface area contributed by atoms with Crippen LogP contribution in [0.25, 0.3) is 0 Å². The Hall–Kier alpha value is 1.45.